The fourth-order valence-electron chi connectivity index (χ4n) is 2.99. The lowest BCUT2D eigenvalue weighted by atomic mass is 10.1. The number of hydrogen-bond acceptors (Lipinski definition) is 8. The molecule has 4 rings (SSSR count). The Labute approximate surface area is 182 Å². The van der Waals surface area contributed by atoms with Crippen molar-refractivity contribution in [3.05, 3.63) is 60.2 Å². The van der Waals surface area contributed by atoms with Crippen LogP contribution in [0.4, 0.5) is 0 Å². The number of benzene rings is 2. The van der Waals surface area contributed by atoms with Crippen molar-refractivity contribution in [3.63, 3.8) is 0 Å². The lowest BCUT2D eigenvalue weighted by molar-refractivity contribution is 0.0947. The molecule has 0 aliphatic heterocycles. The van der Waals surface area contributed by atoms with Crippen LogP contribution in [0, 0.1) is 0 Å². The van der Waals surface area contributed by atoms with Gasteiger partial charge in [-0.05, 0) is 12.1 Å². The summed E-state index contributed by atoms with van der Waals surface area (Å²) in [4.78, 5) is 12.3. The zero-order chi connectivity index (χ0) is 21.6. The third kappa shape index (κ3) is 4.80. The molecule has 0 spiro atoms. The number of amides is 1. The van der Waals surface area contributed by atoms with Gasteiger partial charge in [0, 0.05) is 36.2 Å². The van der Waals surface area contributed by atoms with Gasteiger partial charge in [-0.25, -0.2) is 0 Å². The van der Waals surface area contributed by atoms with Gasteiger partial charge in [-0.2, -0.15) is 0 Å². The van der Waals surface area contributed by atoms with Gasteiger partial charge in [-0.1, -0.05) is 41.2 Å². The molecule has 2 aromatic carbocycles. The van der Waals surface area contributed by atoms with Crippen LogP contribution in [0.5, 0.6) is 11.5 Å². The first-order chi connectivity index (χ1) is 15.2. The second-order valence-electron chi connectivity index (χ2n) is 6.61. The van der Waals surface area contributed by atoms with Gasteiger partial charge >= 0.3 is 0 Å². The molecule has 31 heavy (non-hydrogen) atoms. The smallest absolute Gasteiger partial charge is 0.273 e. The van der Waals surface area contributed by atoms with Crippen molar-refractivity contribution < 1.29 is 18.8 Å². The number of carbonyl (C=O) groups is 1. The Hall–Kier alpha value is -3.53. The fourth-order valence-corrected chi connectivity index (χ4v) is 3.73. The van der Waals surface area contributed by atoms with Crippen molar-refractivity contribution in [1.82, 2.24) is 25.2 Å². The molecule has 0 aliphatic rings. The molecule has 0 fully saturated rings. The maximum absolute atomic E-state index is 12.3. The molecule has 2 heterocycles. The highest BCUT2D eigenvalue weighted by Gasteiger charge is 2.14. The van der Waals surface area contributed by atoms with Gasteiger partial charge in [0.05, 0.1) is 7.11 Å². The molecule has 10 heteroatoms. The van der Waals surface area contributed by atoms with Crippen LogP contribution in [0.25, 0.3) is 10.8 Å². The number of fused-ring (bicyclic) bond motifs is 1. The molecular formula is C21H21N5O4S. The summed E-state index contributed by atoms with van der Waals surface area (Å²) >= 11 is 1.51. The highest BCUT2D eigenvalue weighted by Crippen LogP contribution is 2.33. The number of methoxy groups -OCH3 is 1. The normalized spacial score (nSPS) is 10.9. The lowest BCUT2D eigenvalue weighted by Crippen LogP contribution is -2.26. The van der Waals surface area contributed by atoms with Crippen molar-refractivity contribution in [3.8, 4) is 11.5 Å². The van der Waals surface area contributed by atoms with E-state index in [1.54, 1.807) is 19.5 Å². The summed E-state index contributed by atoms with van der Waals surface area (Å²) in [6.07, 6.45) is 1.63. The standard InChI is InChI=1S/C21H21N5O4S/c1-26-13-23-24-21(26)31-10-9-22-20(27)17-11-14(30-25-17)12-29-19-8-7-18(28-2)15-5-3-4-6-16(15)19/h3-8,11,13H,9-10,12H2,1-2H3,(H,22,27). The van der Waals surface area contributed by atoms with Crippen LogP contribution >= 0.6 is 11.8 Å². The predicted molar refractivity (Wildman–Crippen MR) is 115 cm³/mol. The van der Waals surface area contributed by atoms with Gasteiger partial charge < -0.3 is 23.9 Å². The molecule has 0 saturated carbocycles. The summed E-state index contributed by atoms with van der Waals surface area (Å²) in [6, 6.07) is 13.1. The molecule has 1 N–H and O–H groups in total. The zero-order valence-electron chi connectivity index (χ0n) is 17.1. The van der Waals surface area contributed by atoms with E-state index in [0.29, 0.717) is 23.8 Å². The van der Waals surface area contributed by atoms with Crippen LogP contribution < -0.4 is 14.8 Å². The number of aryl methyl sites for hydroxylation is 1. The van der Waals surface area contributed by atoms with E-state index >= 15 is 0 Å². The third-order valence-corrected chi connectivity index (χ3v) is 5.55. The van der Waals surface area contributed by atoms with Gasteiger partial charge in [0.15, 0.2) is 16.6 Å². The first-order valence-corrected chi connectivity index (χ1v) is 10.5. The van der Waals surface area contributed by atoms with E-state index in [4.69, 9.17) is 14.0 Å². The van der Waals surface area contributed by atoms with Crippen molar-refractivity contribution in [2.24, 2.45) is 7.05 Å². The summed E-state index contributed by atoms with van der Waals surface area (Å²) in [5.74, 6) is 2.29. The largest absolute Gasteiger partial charge is 0.496 e. The van der Waals surface area contributed by atoms with Gasteiger partial charge in [0.25, 0.3) is 5.91 Å². The van der Waals surface area contributed by atoms with Crippen molar-refractivity contribution in [1.29, 1.82) is 0 Å². The summed E-state index contributed by atoms with van der Waals surface area (Å²) in [7, 11) is 3.51. The van der Waals surface area contributed by atoms with Crippen molar-refractivity contribution in [2.75, 3.05) is 19.4 Å². The topological polar surface area (TPSA) is 104 Å². The Morgan fingerprint density at radius 2 is 1.97 bits per heavy atom. The number of aromatic nitrogens is 4. The molecule has 2 aromatic heterocycles. The fraction of sp³-hybridized carbons (Fsp3) is 0.238. The molecule has 160 valence electrons. The Kier molecular flexibility index (Phi) is 6.37. The molecule has 9 nitrogen and oxygen atoms in total. The number of nitrogens with zero attached hydrogens (tertiary/aromatic N) is 4. The minimum atomic E-state index is -0.302. The number of nitrogens with one attached hydrogen (secondary N) is 1. The molecule has 4 aromatic rings. The van der Waals surface area contributed by atoms with Crippen molar-refractivity contribution in [2.45, 2.75) is 11.8 Å². The molecule has 1 amide bonds. The van der Waals surface area contributed by atoms with E-state index in [9.17, 15) is 4.79 Å². The highest BCUT2D eigenvalue weighted by molar-refractivity contribution is 7.99. The minimum Gasteiger partial charge on any atom is -0.496 e. The Morgan fingerprint density at radius 1 is 1.19 bits per heavy atom. The second kappa shape index (κ2) is 9.52. The van der Waals surface area contributed by atoms with Crippen LogP contribution in [0.15, 0.2) is 58.5 Å². The quantitative estimate of drug-likeness (QED) is 0.313. The Balaban J connectivity index is 1.31. The average molecular weight is 439 g/mol. The molecule has 0 atom stereocenters. The van der Waals surface area contributed by atoms with Gasteiger partial charge in [0.2, 0.25) is 0 Å². The predicted octanol–water partition coefficient (Wildman–Crippen LogP) is 3.07. The summed E-state index contributed by atoms with van der Waals surface area (Å²) in [5, 5.41) is 17.1. The van der Waals surface area contributed by atoms with Crippen LogP contribution in [0.3, 0.4) is 0 Å². The van der Waals surface area contributed by atoms with Crippen LogP contribution in [-0.4, -0.2) is 45.2 Å². The van der Waals surface area contributed by atoms with E-state index in [1.165, 1.54) is 11.8 Å². The number of hydrogen-bond donors (Lipinski definition) is 1. The minimum absolute atomic E-state index is 0.151. The van der Waals surface area contributed by atoms with E-state index in [2.05, 4.69) is 20.7 Å². The van der Waals surface area contributed by atoms with E-state index in [0.717, 1.165) is 21.7 Å². The van der Waals surface area contributed by atoms with Crippen LogP contribution in [0.1, 0.15) is 16.2 Å². The van der Waals surface area contributed by atoms with Gasteiger partial charge in [0.1, 0.15) is 24.4 Å². The van der Waals surface area contributed by atoms with E-state index in [-0.39, 0.29) is 18.2 Å². The second-order valence-corrected chi connectivity index (χ2v) is 7.67. The maximum Gasteiger partial charge on any atom is 0.273 e. The molecular weight excluding hydrogens is 418 g/mol. The molecule has 0 unspecified atom stereocenters. The van der Waals surface area contributed by atoms with Gasteiger partial charge in [-0.3, -0.25) is 4.79 Å². The number of thioether (sulfide) groups is 1. The monoisotopic (exact) mass is 439 g/mol. The Morgan fingerprint density at radius 3 is 2.71 bits per heavy atom. The molecule has 0 bridgehead atoms. The number of carbonyl (C=O) groups excluding carboxylic acids is 1. The number of ether oxygens (including phenoxy) is 2. The first kappa shape index (κ1) is 20.7. The van der Waals surface area contributed by atoms with E-state index in [1.807, 2.05) is 48.0 Å². The highest BCUT2D eigenvalue weighted by atomic mass is 32.2. The summed E-state index contributed by atoms with van der Waals surface area (Å²) < 4.78 is 18.4. The number of rotatable bonds is 9. The van der Waals surface area contributed by atoms with Crippen molar-refractivity contribution >= 4 is 28.4 Å². The van der Waals surface area contributed by atoms with E-state index < -0.39 is 0 Å². The molecule has 0 radical (unpaired) electrons. The first-order valence-electron chi connectivity index (χ1n) is 9.55. The molecule has 0 saturated heterocycles. The Bertz CT molecular complexity index is 1190. The summed E-state index contributed by atoms with van der Waals surface area (Å²) in [5.41, 5.74) is 0.210. The van der Waals surface area contributed by atoms with Crippen LogP contribution in [-0.2, 0) is 13.7 Å². The third-order valence-electron chi connectivity index (χ3n) is 4.51. The summed E-state index contributed by atoms with van der Waals surface area (Å²) in [6.45, 7) is 0.617. The average Bonchev–Trinajstić information content (AvgIpc) is 3.44. The molecule has 0 aliphatic carbocycles. The van der Waals surface area contributed by atoms with Crippen LogP contribution in [0.2, 0.25) is 0 Å². The maximum atomic E-state index is 12.3. The van der Waals surface area contributed by atoms with Gasteiger partial charge in [-0.15, -0.1) is 10.2 Å². The lowest BCUT2D eigenvalue weighted by Gasteiger charge is -2.10. The SMILES string of the molecule is COc1ccc(OCc2cc(C(=O)NCCSc3nncn3C)no2)c2ccccc12. The zero-order valence-corrected chi connectivity index (χ0v) is 17.9.